The molecule has 0 aliphatic carbocycles. The molecule has 0 bridgehead atoms. The van der Waals surface area contributed by atoms with Crippen LogP contribution < -0.4 is 9.47 Å². The standard InChI is InChI=1S/C16H16O6S/c1-3-22-13-10-14(21-2)15(23(18,19)20)9-12(13)16(17)11-7-5-4-6-8-11/h4-10H,3H2,1-2H3,(H,18,19,20). The van der Waals surface area contributed by atoms with Gasteiger partial charge in [-0.05, 0) is 13.0 Å². The minimum atomic E-state index is -4.55. The van der Waals surface area contributed by atoms with Gasteiger partial charge in [-0.3, -0.25) is 9.35 Å². The number of carbonyl (C=O) groups excluding carboxylic acids is 1. The Labute approximate surface area is 134 Å². The van der Waals surface area contributed by atoms with Gasteiger partial charge < -0.3 is 9.47 Å². The predicted molar refractivity (Wildman–Crippen MR) is 83.9 cm³/mol. The maximum atomic E-state index is 12.6. The number of ether oxygens (including phenoxy) is 2. The molecular weight excluding hydrogens is 320 g/mol. The molecule has 0 amide bonds. The summed E-state index contributed by atoms with van der Waals surface area (Å²) in [5, 5.41) is 0. The molecular formula is C16H16O6S. The van der Waals surface area contributed by atoms with E-state index in [9.17, 15) is 17.8 Å². The largest absolute Gasteiger partial charge is 0.495 e. The summed E-state index contributed by atoms with van der Waals surface area (Å²) in [6.07, 6.45) is 0. The summed E-state index contributed by atoms with van der Waals surface area (Å²) < 4.78 is 42.8. The smallest absolute Gasteiger partial charge is 0.298 e. The van der Waals surface area contributed by atoms with Crippen molar-refractivity contribution in [2.24, 2.45) is 0 Å². The Balaban J connectivity index is 2.67. The van der Waals surface area contributed by atoms with Crippen LogP contribution in [-0.4, -0.2) is 32.5 Å². The van der Waals surface area contributed by atoms with Gasteiger partial charge in [0.25, 0.3) is 10.1 Å². The van der Waals surface area contributed by atoms with Crippen LogP contribution in [0.5, 0.6) is 11.5 Å². The molecule has 0 saturated carbocycles. The zero-order valence-electron chi connectivity index (χ0n) is 12.6. The molecule has 0 atom stereocenters. The van der Waals surface area contributed by atoms with Crippen molar-refractivity contribution in [3.63, 3.8) is 0 Å². The third kappa shape index (κ3) is 3.69. The summed E-state index contributed by atoms with van der Waals surface area (Å²) in [7, 11) is -3.29. The number of hydrogen-bond donors (Lipinski definition) is 1. The normalized spacial score (nSPS) is 11.1. The van der Waals surface area contributed by atoms with Crippen molar-refractivity contribution in [1.82, 2.24) is 0 Å². The van der Waals surface area contributed by atoms with Crippen LogP contribution in [0.15, 0.2) is 47.4 Å². The van der Waals surface area contributed by atoms with Gasteiger partial charge in [0.05, 0.1) is 19.3 Å². The Kier molecular flexibility index (Phi) is 5.02. The highest BCUT2D eigenvalue weighted by Gasteiger charge is 2.24. The highest BCUT2D eigenvalue weighted by atomic mass is 32.2. The van der Waals surface area contributed by atoms with Crippen LogP contribution in [0, 0.1) is 0 Å². The van der Waals surface area contributed by atoms with Crippen molar-refractivity contribution in [1.29, 1.82) is 0 Å². The van der Waals surface area contributed by atoms with Gasteiger partial charge in [-0.25, -0.2) is 0 Å². The fraction of sp³-hybridized carbons (Fsp3) is 0.188. The summed E-state index contributed by atoms with van der Waals surface area (Å²) in [6, 6.07) is 10.7. The molecule has 2 rings (SSSR count). The Morgan fingerprint density at radius 1 is 1.13 bits per heavy atom. The zero-order chi connectivity index (χ0) is 17.0. The molecule has 6 nitrogen and oxygen atoms in total. The van der Waals surface area contributed by atoms with E-state index in [2.05, 4.69) is 0 Å². The van der Waals surface area contributed by atoms with Crippen molar-refractivity contribution in [2.75, 3.05) is 13.7 Å². The highest BCUT2D eigenvalue weighted by molar-refractivity contribution is 7.86. The van der Waals surface area contributed by atoms with Crippen molar-refractivity contribution in [3.8, 4) is 11.5 Å². The van der Waals surface area contributed by atoms with Crippen LogP contribution in [-0.2, 0) is 10.1 Å². The fourth-order valence-corrected chi connectivity index (χ4v) is 2.76. The maximum absolute atomic E-state index is 12.6. The third-order valence-corrected chi connectivity index (χ3v) is 4.00. The lowest BCUT2D eigenvalue weighted by molar-refractivity contribution is 0.103. The molecule has 0 fully saturated rings. The Hall–Kier alpha value is -2.38. The van der Waals surface area contributed by atoms with Crippen LogP contribution >= 0.6 is 0 Å². The Morgan fingerprint density at radius 3 is 2.30 bits per heavy atom. The van der Waals surface area contributed by atoms with Crippen molar-refractivity contribution >= 4 is 15.9 Å². The van der Waals surface area contributed by atoms with Gasteiger partial charge >= 0.3 is 0 Å². The monoisotopic (exact) mass is 336 g/mol. The zero-order valence-corrected chi connectivity index (χ0v) is 13.5. The quantitative estimate of drug-likeness (QED) is 0.644. The average molecular weight is 336 g/mol. The summed E-state index contributed by atoms with van der Waals surface area (Å²) in [5.74, 6) is -0.326. The SMILES string of the molecule is CCOc1cc(OC)c(S(=O)(=O)O)cc1C(=O)c1ccccc1. The van der Waals surface area contributed by atoms with Gasteiger partial charge in [0.1, 0.15) is 16.4 Å². The van der Waals surface area contributed by atoms with Gasteiger partial charge in [0.15, 0.2) is 5.78 Å². The Bertz CT molecular complexity index is 812. The van der Waals surface area contributed by atoms with E-state index >= 15 is 0 Å². The first kappa shape index (κ1) is 17.0. The molecule has 0 aromatic heterocycles. The van der Waals surface area contributed by atoms with Gasteiger partial charge in [0.2, 0.25) is 0 Å². The summed E-state index contributed by atoms with van der Waals surface area (Å²) >= 11 is 0. The maximum Gasteiger partial charge on any atom is 0.298 e. The van der Waals surface area contributed by atoms with Crippen LogP contribution in [0.3, 0.4) is 0 Å². The second-order valence-corrected chi connectivity index (χ2v) is 5.99. The molecule has 2 aromatic rings. The van der Waals surface area contributed by atoms with Crippen LogP contribution in [0.2, 0.25) is 0 Å². The van der Waals surface area contributed by atoms with Crippen molar-refractivity contribution < 1.29 is 27.2 Å². The first-order chi connectivity index (χ1) is 10.9. The second-order valence-electron chi connectivity index (χ2n) is 4.60. The number of hydrogen-bond acceptors (Lipinski definition) is 5. The number of methoxy groups -OCH3 is 1. The molecule has 122 valence electrons. The molecule has 7 heteroatoms. The minimum absolute atomic E-state index is 0.0338. The molecule has 0 aliphatic rings. The second kappa shape index (κ2) is 6.80. The molecule has 0 heterocycles. The van der Waals surface area contributed by atoms with Gasteiger partial charge in [-0.2, -0.15) is 8.42 Å². The molecule has 0 spiro atoms. The van der Waals surface area contributed by atoms with E-state index in [1.165, 1.54) is 13.2 Å². The van der Waals surface area contributed by atoms with Gasteiger partial charge in [0, 0.05) is 11.6 Å². The Morgan fingerprint density at radius 2 is 1.78 bits per heavy atom. The fourth-order valence-electron chi connectivity index (χ4n) is 2.10. The lowest BCUT2D eigenvalue weighted by Crippen LogP contribution is -2.09. The molecule has 0 unspecified atom stereocenters. The lowest BCUT2D eigenvalue weighted by Gasteiger charge is -2.14. The molecule has 1 N–H and O–H groups in total. The van der Waals surface area contributed by atoms with Crippen LogP contribution in [0.4, 0.5) is 0 Å². The number of carbonyl (C=O) groups is 1. The molecule has 23 heavy (non-hydrogen) atoms. The lowest BCUT2D eigenvalue weighted by atomic mass is 10.0. The predicted octanol–water partition coefficient (Wildman–Crippen LogP) is 2.57. The first-order valence-corrected chi connectivity index (χ1v) is 8.24. The van der Waals surface area contributed by atoms with Gasteiger partial charge in [-0.1, -0.05) is 30.3 Å². The topological polar surface area (TPSA) is 89.9 Å². The van der Waals surface area contributed by atoms with Crippen molar-refractivity contribution in [2.45, 2.75) is 11.8 Å². The summed E-state index contributed by atoms with van der Waals surface area (Å²) in [6.45, 7) is 2.02. The number of benzene rings is 2. The third-order valence-electron chi connectivity index (χ3n) is 3.12. The van der Waals surface area contributed by atoms with E-state index in [-0.39, 0.29) is 23.7 Å². The number of ketones is 1. The number of rotatable bonds is 6. The minimum Gasteiger partial charge on any atom is -0.495 e. The average Bonchev–Trinajstić information content (AvgIpc) is 2.54. The van der Waals surface area contributed by atoms with Crippen LogP contribution in [0.1, 0.15) is 22.8 Å². The van der Waals surface area contributed by atoms with Gasteiger partial charge in [-0.15, -0.1) is 0 Å². The van der Waals surface area contributed by atoms with E-state index in [1.807, 2.05) is 0 Å². The van der Waals surface area contributed by atoms with E-state index in [0.29, 0.717) is 5.56 Å². The van der Waals surface area contributed by atoms with E-state index < -0.39 is 20.8 Å². The summed E-state index contributed by atoms with van der Waals surface area (Å²) in [5.41, 5.74) is 0.409. The van der Waals surface area contributed by atoms with E-state index in [1.54, 1.807) is 37.3 Å². The van der Waals surface area contributed by atoms with E-state index in [4.69, 9.17) is 9.47 Å². The molecule has 0 radical (unpaired) electrons. The van der Waals surface area contributed by atoms with Crippen molar-refractivity contribution in [3.05, 3.63) is 53.6 Å². The highest BCUT2D eigenvalue weighted by Crippen LogP contribution is 2.33. The first-order valence-electron chi connectivity index (χ1n) is 6.80. The molecule has 2 aromatic carbocycles. The van der Waals surface area contributed by atoms with Crippen LogP contribution in [0.25, 0.3) is 0 Å². The molecule has 0 saturated heterocycles. The summed E-state index contributed by atoms with van der Waals surface area (Å²) in [4.78, 5) is 12.1. The van der Waals surface area contributed by atoms with E-state index in [0.717, 1.165) is 6.07 Å². The molecule has 0 aliphatic heterocycles.